The average Bonchev–Trinajstić information content (AvgIpc) is 2.48. The molecule has 2 aromatic carbocycles. The molecule has 0 saturated heterocycles. The molecule has 0 bridgehead atoms. The number of sulfonamides is 1. The summed E-state index contributed by atoms with van der Waals surface area (Å²) in [7, 11) is -2.22. The standard InChI is InChI=1S/C15H16ClNO4S/c1-3-21-14-8-7-12(10-15(14)20-2)17-22(18,19)13-6-4-5-11(16)9-13/h4-10,17H,3H2,1-2H3. The van der Waals surface area contributed by atoms with E-state index in [1.807, 2.05) is 6.92 Å². The molecule has 0 spiro atoms. The van der Waals surface area contributed by atoms with Gasteiger partial charge >= 0.3 is 0 Å². The van der Waals surface area contributed by atoms with Gasteiger partial charge in [-0.1, -0.05) is 17.7 Å². The van der Waals surface area contributed by atoms with Gasteiger partial charge in [0.1, 0.15) is 0 Å². The van der Waals surface area contributed by atoms with Crippen LogP contribution in [0.25, 0.3) is 0 Å². The summed E-state index contributed by atoms with van der Waals surface area (Å²) in [6.45, 7) is 2.35. The highest BCUT2D eigenvalue weighted by molar-refractivity contribution is 7.92. The monoisotopic (exact) mass is 341 g/mol. The van der Waals surface area contributed by atoms with Crippen molar-refractivity contribution in [2.75, 3.05) is 18.4 Å². The van der Waals surface area contributed by atoms with Gasteiger partial charge in [-0.2, -0.15) is 0 Å². The normalized spacial score (nSPS) is 11.0. The van der Waals surface area contributed by atoms with Gasteiger partial charge < -0.3 is 9.47 Å². The van der Waals surface area contributed by atoms with E-state index in [0.29, 0.717) is 28.8 Å². The van der Waals surface area contributed by atoms with Gasteiger partial charge in [-0.3, -0.25) is 4.72 Å². The largest absolute Gasteiger partial charge is 0.493 e. The lowest BCUT2D eigenvalue weighted by Gasteiger charge is -2.12. The van der Waals surface area contributed by atoms with E-state index in [9.17, 15) is 8.42 Å². The zero-order valence-electron chi connectivity index (χ0n) is 12.2. The van der Waals surface area contributed by atoms with Crippen LogP contribution in [0.15, 0.2) is 47.4 Å². The molecule has 118 valence electrons. The molecule has 0 saturated carbocycles. The molecule has 0 atom stereocenters. The summed E-state index contributed by atoms with van der Waals surface area (Å²) in [4.78, 5) is 0.0906. The van der Waals surface area contributed by atoms with Gasteiger partial charge in [-0.15, -0.1) is 0 Å². The molecule has 0 amide bonds. The highest BCUT2D eigenvalue weighted by atomic mass is 35.5. The van der Waals surface area contributed by atoms with E-state index < -0.39 is 10.0 Å². The van der Waals surface area contributed by atoms with Crippen LogP contribution < -0.4 is 14.2 Å². The second-order valence-electron chi connectivity index (χ2n) is 4.36. The predicted molar refractivity (Wildman–Crippen MR) is 86.4 cm³/mol. The Labute approximate surface area is 134 Å². The van der Waals surface area contributed by atoms with Gasteiger partial charge in [0.15, 0.2) is 11.5 Å². The number of hydrogen-bond acceptors (Lipinski definition) is 4. The Hall–Kier alpha value is -1.92. The third-order valence-electron chi connectivity index (χ3n) is 2.82. The first-order valence-electron chi connectivity index (χ1n) is 6.55. The molecule has 0 unspecified atom stereocenters. The summed E-state index contributed by atoms with van der Waals surface area (Å²) in [5.74, 6) is 1.00. The summed E-state index contributed by atoms with van der Waals surface area (Å²) in [5.41, 5.74) is 0.375. The van der Waals surface area contributed by atoms with Gasteiger partial charge in [-0.25, -0.2) is 8.42 Å². The Morgan fingerprint density at radius 3 is 2.55 bits per heavy atom. The van der Waals surface area contributed by atoms with Crippen molar-refractivity contribution in [3.63, 3.8) is 0 Å². The molecule has 2 rings (SSSR count). The SMILES string of the molecule is CCOc1ccc(NS(=O)(=O)c2cccc(Cl)c2)cc1OC. The minimum absolute atomic E-state index is 0.0906. The van der Waals surface area contributed by atoms with Crippen molar-refractivity contribution < 1.29 is 17.9 Å². The number of benzene rings is 2. The van der Waals surface area contributed by atoms with E-state index >= 15 is 0 Å². The van der Waals surface area contributed by atoms with Crippen LogP contribution in [0.5, 0.6) is 11.5 Å². The first-order chi connectivity index (χ1) is 10.5. The molecule has 1 N–H and O–H groups in total. The molecule has 22 heavy (non-hydrogen) atoms. The summed E-state index contributed by atoms with van der Waals surface area (Å²) in [5, 5.41) is 0.354. The molecule has 0 aliphatic carbocycles. The molecule has 0 aliphatic rings. The third-order valence-corrected chi connectivity index (χ3v) is 4.44. The maximum absolute atomic E-state index is 12.3. The van der Waals surface area contributed by atoms with E-state index in [0.717, 1.165) is 0 Å². The van der Waals surface area contributed by atoms with E-state index in [1.54, 1.807) is 30.3 Å². The number of rotatable bonds is 6. The number of anilines is 1. The summed E-state index contributed by atoms with van der Waals surface area (Å²) >= 11 is 5.83. The highest BCUT2D eigenvalue weighted by Crippen LogP contribution is 2.31. The molecule has 0 heterocycles. The summed E-state index contributed by atoms with van der Waals surface area (Å²) < 4.78 is 37.7. The van der Waals surface area contributed by atoms with Crippen LogP contribution in [0.4, 0.5) is 5.69 Å². The zero-order chi connectivity index (χ0) is 16.2. The van der Waals surface area contributed by atoms with E-state index in [4.69, 9.17) is 21.1 Å². The highest BCUT2D eigenvalue weighted by Gasteiger charge is 2.15. The van der Waals surface area contributed by atoms with Crippen molar-refractivity contribution in [3.05, 3.63) is 47.5 Å². The van der Waals surface area contributed by atoms with Crippen molar-refractivity contribution in [2.24, 2.45) is 0 Å². The first kappa shape index (κ1) is 16.5. The fourth-order valence-corrected chi connectivity index (χ4v) is 3.20. The van der Waals surface area contributed by atoms with Gasteiger partial charge in [0.25, 0.3) is 10.0 Å². The maximum Gasteiger partial charge on any atom is 0.261 e. The molecule has 5 nitrogen and oxygen atoms in total. The van der Waals surface area contributed by atoms with Crippen LogP contribution in [0.3, 0.4) is 0 Å². The molecular formula is C15H16ClNO4S. The van der Waals surface area contributed by atoms with Gasteiger partial charge in [0.05, 0.1) is 24.3 Å². The lowest BCUT2D eigenvalue weighted by molar-refractivity contribution is 0.311. The second kappa shape index (κ2) is 6.89. The van der Waals surface area contributed by atoms with Crippen LogP contribution in [0.1, 0.15) is 6.92 Å². The molecule has 2 aromatic rings. The Balaban J connectivity index is 2.30. The Bertz CT molecular complexity index is 762. The summed E-state index contributed by atoms with van der Waals surface area (Å²) in [6.07, 6.45) is 0. The van der Waals surface area contributed by atoms with Crippen LogP contribution in [0.2, 0.25) is 5.02 Å². The minimum Gasteiger partial charge on any atom is -0.493 e. The van der Waals surface area contributed by atoms with Crippen molar-refractivity contribution in [2.45, 2.75) is 11.8 Å². The molecule has 0 aliphatic heterocycles. The number of methoxy groups -OCH3 is 1. The topological polar surface area (TPSA) is 64.6 Å². The Kier molecular flexibility index (Phi) is 5.15. The lowest BCUT2D eigenvalue weighted by Crippen LogP contribution is -2.13. The van der Waals surface area contributed by atoms with Crippen molar-refractivity contribution >= 4 is 27.3 Å². The summed E-state index contributed by atoms with van der Waals surface area (Å²) in [6, 6.07) is 10.9. The van der Waals surface area contributed by atoms with Gasteiger partial charge in [0, 0.05) is 11.1 Å². The Morgan fingerprint density at radius 2 is 1.91 bits per heavy atom. The number of hydrogen-bond donors (Lipinski definition) is 1. The smallest absolute Gasteiger partial charge is 0.261 e. The van der Waals surface area contributed by atoms with Crippen molar-refractivity contribution in [1.82, 2.24) is 0 Å². The third kappa shape index (κ3) is 3.84. The van der Waals surface area contributed by atoms with E-state index in [2.05, 4.69) is 4.72 Å². The minimum atomic E-state index is -3.72. The van der Waals surface area contributed by atoms with Crippen LogP contribution in [-0.2, 0) is 10.0 Å². The van der Waals surface area contributed by atoms with Crippen LogP contribution >= 0.6 is 11.6 Å². The number of ether oxygens (including phenoxy) is 2. The van der Waals surface area contributed by atoms with E-state index in [-0.39, 0.29) is 4.90 Å². The lowest BCUT2D eigenvalue weighted by atomic mass is 10.3. The predicted octanol–water partition coefficient (Wildman–Crippen LogP) is 3.55. The number of halogens is 1. The van der Waals surface area contributed by atoms with E-state index in [1.165, 1.54) is 19.2 Å². The zero-order valence-corrected chi connectivity index (χ0v) is 13.7. The Morgan fingerprint density at radius 1 is 1.14 bits per heavy atom. The fourth-order valence-electron chi connectivity index (χ4n) is 1.85. The quantitative estimate of drug-likeness (QED) is 0.872. The molecule has 7 heteroatoms. The maximum atomic E-state index is 12.3. The van der Waals surface area contributed by atoms with Crippen molar-refractivity contribution in [1.29, 1.82) is 0 Å². The van der Waals surface area contributed by atoms with Crippen molar-refractivity contribution in [3.8, 4) is 11.5 Å². The van der Waals surface area contributed by atoms with Crippen LogP contribution in [0, 0.1) is 0 Å². The molecule has 0 aromatic heterocycles. The van der Waals surface area contributed by atoms with Gasteiger partial charge in [-0.05, 0) is 37.3 Å². The molecular weight excluding hydrogens is 326 g/mol. The fraction of sp³-hybridized carbons (Fsp3) is 0.200. The van der Waals surface area contributed by atoms with Gasteiger partial charge in [0.2, 0.25) is 0 Å². The average molecular weight is 342 g/mol. The first-order valence-corrected chi connectivity index (χ1v) is 8.41. The number of nitrogens with one attached hydrogen (secondary N) is 1. The molecule has 0 radical (unpaired) electrons. The van der Waals surface area contributed by atoms with Crippen LogP contribution in [-0.4, -0.2) is 22.1 Å². The molecule has 0 fully saturated rings. The second-order valence-corrected chi connectivity index (χ2v) is 6.48.